The number of benzene rings is 1. The van der Waals surface area contributed by atoms with E-state index in [1.165, 1.54) is 16.7 Å². The highest BCUT2D eigenvalue weighted by Crippen LogP contribution is 2.34. The zero-order valence-corrected chi connectivity index (χ0v) is 16.6. The Hall–Kier alpha value is -2.68. The highest BCUT2D eigenvalue weighted by molar-refractivity contribution is 7.17. The summed E-state index contributed by atoms with van der Waals surface area (Å²) in [5.74, 6) is 0.481. The molecule has 6 nitrogen and oxygen atoms in total. The molecule has 8 heteroatoms. The van der Waals surface area contributed by atoms with Crippen molar-refractivity contribution >= 4 is 38.0 Å². The lowest BCUT2D eigenvalue weighted by Gasteiger charge is -2.31. The molecule has 1 aromatic carbocycles. The standard InChI is InChI=1S/C21H19FN4O2S/c1-27-18-10-28-7-5-17(18)24-21-15-9-23-6-4-13(15)20(25-26-21)12-2-3-14-16(22)11-29-19(14)8-12/h2-4,6,8-9,11,17-18H,5,7,10H2,1H3,(H,24,26)/t17-,18-/m1/s1. The number of hydrogen-bond acceptors (Lipinski definition) is 7. The van der Waals surface area contributed by atoms with Gasteiger partial charge in [0.1, 0.15) is 17.6 Å². The Morgan fingerprint density at radius 1 is 1.21 bits per heavy atom. The van der Waals surface area contributed by atoms with Crippen molar-refractivity contribution in [3.8, 4) is 11.3 Å². The molecule has 0 spiro atoms. The fourth-order valence-corrected chi connectivity index (χ4v) is 4.59. The third kappa shape index (κ3) is 3.33. The fourth-order valence-electron chi connectivity index (χ4n) is 3.75. The van der Waals surface area contributed by atoms with Crippen LogP contribution in [-0.4, -0.2) is 47.7 Å². The maximum absolute atomic E-state index is 13.8. The van der Waals surface area contributed by atoms with Crippen molar-refractivity contribution in [2.45, 2.75) is 18.6 Å². The van der Waals surface area contributed by atoms with Crippen LogP contribution in [0.2, 0.25) is 0 Å². The molecule has 0 radical (unpaired) electrons. The molecule has 1 saturated heterocycles. The Morgan fingerprint density at radius 3 is 3.03 bits per heavy atom. The van der Waals surface area contributed by atoms with Gasteiger partial charge < -0.3 is 14.8 Å². The van der Waals surface area contributed by atoms with Gasteiger partial charge in [0, 0.05) is 57.9 Å². The monoisotopic (exact) mass is 410 g/mol. The van der Waals surface area contributed by atoms with E-state index < -0.39 is 0 Å². The van der Waals surface area contributed by atoms with Crippen LogP contribution >= 0.6 is 11.3 Å². The minimum Gasteiger partial charge on any atom is -0.379 e. The van der Waals surface area contributed by atoms with Gasteiger partial charge in [-0.25, -0.2) is 4.39 Å². The average molecular weight is 410 g/mol. The fraction of sp³-hybridized carbons (Fsp3) is 0.286. The molecule has 1 N–H and O–H groups in total. The van der Waals surface area contributed by atoms with Gasteiger partial charge in [-0.3, -0.25) is 4.98 Å². The van der Waals surface area contributed by atoms with Crippen molar-refractivity contribution in [2.24, 2.45) is 0 Å². The van der Waals surface area contributed by atoms with E-state index in [2.05, 4.69) is 20.5 Å². The molecular formula is C21H19FN4O2S. The van der Waals surface area contributed by atoms with Gasteiger partial charge in [-0.15, -0.1) is 21.5 Å². The molecule has 3 aromatic heterocycles. The van der Waals surface area contributed by atoms with Crippen LogP contribution in [0, 0.1) is 5.82 Å². The van der Waals surface area contributed by atoms with Crippen LogP contribution in [0.1, 0.15) is 6.42 Å². The second kappa shape index (κ2) is 7.62. The number of aromatic nitrogens is 3. The largest absolute Gasteiger partial charge is 0.379 e. The zero-order chi connectivity index (χ0) is 19.8. The van der Waals surface area contributed by atoms with Crippen LogP contribution < -0.4 is 5.32 Å². The number of nitrogens with zero attached hydrogens (tertiary/aromatic N) is 3. The van der Waals surface area contributed by atoms with Crippen LogP contribution in [-0.2, 0) is 9.47 Å². The van der Waals surface area contributed by atoms with E-state index in [-0.39, 0.29) is 18.0 Å². The smallest absolute Gasteiger partial charge is 0.158 e. The lowest BCUT2D eigenvalue weighted by molar-refractivity contribution is -0.0366. The molecule has 0 saturated carbocycles. The number of hydrogen-bond donors (Lipinski definition) is 1. The number of halogens is 1. The van der Waals surface area contributed by atoms with E-state index in [1.807, 2.05) is 18.2 Å². The van der Waals surface area contributed by atoms with E-state index in [4.69, 9.17) is 9.47 Å². The van der Waals surface area contributed by atoms with Crippen LogP contribution in [0.25, 0.3) is 32.1 Å². The minimum atomic E-state index is -0.194. The predicted molar refractivity (Wildman–Crippen MR) is 112 cm³/mol. The van der Waals surface area contributed by atoms with Crippen molar-refractivity contribution < 1.29 is 13.9 Å². The molecule has 0 unspecified atom stereocenters. The number of rotatable bonds is 4. The van der Waals surface area contributed by atoms with Gasteiger partial charge in [-0.2, -0.15) is 0 Å². The molecule has 1 aliphatic heterocycles. The van der Waals surface area contributed by atoms with E-state index in [0.29, 0.717) is 24.4 Å². The van der Waals surface area contributed by atoms with E-state index in [1.54, 1.807) is 25.6 Å². The summed E-state index contributed by atoms with van der Waals surface area (Å²) in [7, 11) is 1.69. The van der Waals surface area contributed by atoms with Crippen LogP contribution in [0.5, 0.6) is 0 Å². The Bertz CT molecular complexity index is 1180. The van der Waals surface area contributed by atoms with Crippen molar-refractivity contribution in [1.29, 1.82) is 0 Å². The minimum absolute atomic E-state index is 0.0481. The summed E-state index contributed by atoms with van der Waals surface area (Å²) in [6.45, 7) is 1.23. The van der Waals surface area contributed by atoms with Gasteiger partial charge in [-0.05, 0) is 24.6 Å². The summed E-state index contributed by atoms with van der Waals surface area (Å²) < 4.78 is 25.7. The number of thiophene rings is 1. The molecule has 4 aromatic rings. The molecule has 1 fully saturated rings. The lowest BCUT2D eigenvalue weighted by Crippen LogP contribution is -2.43. The van der Waals surface area contributed by atoms with Crippen molar-refractivity contribution in [2.75, 3.05) is 25.6 Å². The zero-order valence-electron chi connectivity index (χ0n) is 15.8. The number of methoxy groups -OCH3 is 1. The maximum Gasteiger partial charge on any atom is 0.158 e. The first kappa shape index (κ1) is 18.4. The molecule has 2 atom stereocenters. The van der Waals surface area contributed by atoms with Crippen molar-refractivity contribution in [3.63, 3.8) is 0 Å². The number of nitrogens with one attached hydrogen (secondary N) is 1. The first-order chi connectivity index (χ1) is 14.2. The molecular weight excluding hydrogens is 391 g/mol. The summed E-state index contributed by atoms with van der Waals surface area (Å²) in [6.07, 6.45) is 4.31. The third-order valence-electron chi connectivity index (χ3n) is 5.31. The molecule has 0 aliphatic carbocycles. The highest BCUT2D eigenvalue weighted by Gasteiger charge is 2.26. The van der Waals surface area contributed by atoms with Crippen molar-refractivity contribution in [1.82, 2.24) is 15.2 Å². The molecule has 1 aliphatic rings. The molecule has 4 heterocycles. The Kier molecular flexibility index (Phi) is 4.83. The summed E-state index contributed by atoms with van der Waals surface area (Å²) >= 11 is 1.38. The number of fused-ring (bicyclic) bond motifs is 2. The Morgan fingerprint density at radius 2 is 2.14 bits per heavy atom. The maximum atomic E-state index is 13.8. The molecule has 29 heavy (non-hydrogen) atoms. The Balaban J connectivity index is 1.57. The number of ether oxygens (including phenoxy) is 2. The Labute approximate surface area is 170 Å². The number of pyridine rings is 1. The van der Waals surface area contributed by atoms with E-state index in [9.17, 15) is 4.39 Å². The third-order valence-corrected chi connectivity index (χ3v) is 6.23. The van der Waals surface area contributed by atoms with Crippen LogP contribution in [0.15, 0.2) is 42.0 Å². The molecule has 0 amide bonds. The summed E-state index contributed by atoms with van der Waals surface area (Å²) in [4.78, 5) is 4.28. The van der Waals surface area contributed by atoms with Crippen LogP contribution in [0.4, 0.5) is 10.2 Å². The summed E-state index contributed by atoms with van der Waals surface area (Å²) in [5, 5.41) is 16.4. The molecule has 0 bridgehead atoms. The van der Waals surface area contributed by atoms with Gasteiger partial charge in [0.15, 0.2) is 5.82 Å². The van der Waals surface area contributed by atoms with Gasteiger partial charge >= 0.3 is 0 Å². The van der Waals surface area contributed by atoms with Gasteiger partial charge in [0.25, 0.3) is 0 Å². The van der Waals surface area contributed by atoms with Gasteiger partial charge in [-0.1, -0.05) is 6.07 Å². The average Bonchev–Trinajstić information content (AvgIpc) is 3.14. The van der Waals surface area contributed by atoms with Crippen LogP contribution in [0.3, 0.4) is 0 Å². The molecule has 148 valence electrons. The number of anilines is 1. The summed E-state index contributed by atoms with van der Waals surface area (Å²) in [6, 6.07) is 7.65. The van der Waals surface area contributed by atoms with E-state index in [0.717, 1.165) is 33.2 Å². The van der Waals surface area contributed by atoms with Gasteiger partial charge in [0.05, 0.1) is 12.6 Å². The lowest BCUT2D eigenvalue weighted by atomic mass is 10.0. The van der Waals surface area contributed by atoms with Gasteiger partial charge in [0.2, 0.25) is 0 Å². The normalized spacial score (nSPS) is 19.7. The topological polar surface area (TPSA) is 69.2 Å². The van der Waals surface area contributed by atoms with Crippen molar-refractivity contribution in [3.05, 3.63) is 47.9 Å². The first-order valence-electron chi connectivity index (χ1n) is 9.39. The second-order valence-corrected chi connectivity index (χ2v) is 7.91. The second-order valence-electron chi connectivity index (χ2n) is 7.00. The highest BCUT2D eigenvalue weighted by atomic mass is 32.1. The quantitative estimate of drug-likeness (QED) is 0.542. The first-order valence-corrected chi connectivity index (χ1v) is 10.3. The molecule has 5 rings (SSSR count). The van der Waals surface area contributed by atoms with E-state index >= 15 is 0 Å². The summed E-state index contributed by atoms with van der Waals surface area (Å²) in [5.41, 5.74) is 1.65. The predicted octanol–water partition coefficient (Wildman–Crippen LogP) is 4.26. The SMILES string of the molecule is CO[C@@H]1COCC[C@H]1Nc1nnc(-c2ccc3c(F)csc3c2)c2ccncc12.